The molecule has 0 aromatic heterocycles. The number of nitrogens with two attached hydrogens (primary N) is 1. The number of nitrogens with zero attached hydrogens (tertiary/aromatic N) is 1. The van der Waals surface area contributed by atoms with E-state index in [0.717, 1.165) is 25.9 Å². The van der Waals surface area contributed by atoms with Crippen LogP contribution in [-0.4, -0.2) is 41.0 Å². The topological polar surface area (TPSA) is 83.6 Å². The van der Waals surface area contributed by atoms with Gasteiger partial charge in [-0.2, -0.15) is 0 Å². The Balaban J connectivity index is 2.31. The van der Waals surface area contributed by atoms with Crippen molar-refractivity contribution in [2.45, 2.75) is 32.2 Å². The van der Waals surface area contributed by atoms with E-state index in [2.05, 4.69) is 0 Å². The minimum Gasteiger partial charge on any atom is -0.480 e. The van der Waals surface area contributed by atoms with Gasteiger partial charge in [-0.3, -0.25) is 9.59 Å². The number of carboxylic acid groups (broad SMARTS) is 1. The fourth-order valence-electron chi connectivity index (χ4n) is 1.94. The van der Waals surface area contributed by atoms with Gasteiger partial charge in [-0.1, -0.05) is 0 Å². The van der Waals surface area contributed by atoms with Crippen LogP contribution in [0.3, 0.4) is 0 Å². The van der Waals surface area contributed by atoms with Crippen LogP contribution in [0.2, 0.25) is 0 Å². The summed E-state index contributed by atoms with van der Waals surface area (Å²) in [4.78, 5) is 23.4. The number of piperidine rings is 1. The highest BCUT2D eigenvalue weighted by molar-refractivity contribution is 5.73. The highest BCUT2D eigenvalue weighted by atomic mass is 16.4. The molecule has 0 aromatic carbocycles. The summed E-state index contributed by atoms with van der Waals surface area (Å²) >= 11 is 0. The Kier molecular flexibility index (Phi) is 4.08. The molecule has 1 aliphatic heterocycles. The summed E-state index contributed by atoms with van der Waals surface area (Å²) in [6.07, 6.45) is 2.24. The van der Waals surface area contributed by atoms with E-state index >= 15 is 0 Å². The fraction of sp³-hybridized carbons (Fsp3) is 0.800. The molecule has 1 aliphatic rings. The second kappa shape index (κ2) is 5.11. The van der Waals surface area contributed by atoms with Crippen LogP contribution in [0.15, 0.2) is 0 Å². The van der Waals surface area contributed by atoms with Crippen molar-refractivity contribution >= 4 is 11.9 Å². The largest absolute Gasteiger partial charge is 0.480 e. The number of hydrogen-bond acceptors (Lipinski definition) is 3. The van der Waals surface area contributed by atoms with Crippen LogP contribution in [0, 0.1) is 5.92 Å². The van der Waals surface area contributed by atoms with E-state index in [-0.39, 0.29) is 5.91 Å². The molecule has 1 amide bonds. The van der Waals surface area contributed by atoms with Gasteiger partial charge in [-0.15, -0.1) is 0 Å². The Morgan fingerprint density at radius 2 is 2.00 bits per heavy atom. The van der Waals surface area contributed by atoms with Crippen molar-refractivity contribution in [2.24, 2.45) is 11.7 Å². The van der Waals surface area contributed by atoms with E-state index in [1.54, 1.807) is 11.8 Å². The summed E-state index contributed by atoms with van der Waals surface area (Å²) in [5.74, 6) is -0.508. The molecule has 1 fully saturated rings. The van der Waals surface area contributed by atoms with Crippen molar-refractivity contribution in [2.75, 3.05) is 13.1 Å². The zero-order valence-electron chi connectivity index (χ0n) is 8.98. The number of hydrogen-bond donors (Lipinski definition) is 2. The van der Waals surface area contributed by atoms with E-state index in [0.29, 0.717) is 12.3 Å². The molecule has 1 saturated heterocycles. The first-order chi connectivity index (χ1) is 7.00. The van der Waals surface area contributed by atoms with Gasteiger partial charge in [0.25, 0.3) is 0 Å². The minimum absolute atomic E-state index is 0.0935. The first-order valence-electron chi connectivity index (χ1n) is 5.24. The van der Waals surface area contributed by atoms with Gasteiger partial charge in [0, 0.05) is 20.0 Å². The summed E-state index contributed by atoms with van der Waals surface area (Å²) in [5, 5.41) is 8.66. The lowest BCUT2D eigenvalue weighted by Crippen LogP contribution is -2.40. The van der Waals surface area contributed by atoms with E-state index in [4.69, 9.17) is 10.8 Å². The standard InChI is InChI=1S/C10H18N2O3/c1-7(13)12-4-2-8(3-5-12)6-9(11)10(14)15/h8-9H,2-6,11H2,1H3,(H,14,15)/t9-/m0/s1. The third kappa shape index (κ3) is 3.51. The van der Waals surface area contributed by atoms with E-state index in [1.807, 2.05) is 0 Å². The minimum atomic E-state index is -0.941. The van der Waals surface area contributed by atoms with Gasteiger partial charge in [-0.05, 0) is 25.2 Å². The monoisotopic (exact) mass is 214 g/mol. The molecular weight excluding hydrogens is 196 g/mol. The van der Waals surface area contributed by atoms with Crippen molar-refractivity contribution in [3.8, 4) is 0 Å². The van der Waals surface area contributed by atoms with Gasteiger partial charge in [0.15, 0.2) is 0 Å². The molecule has 86 valence electrons. The Labute approximate surface area is 89.2 Å². The lowest BCUT2D eigenvalue weighted by Gasteiger charge is -2.31. The van der Waals surface area contributed by atoms with Gasteiger partial charge in [0.1, 0.15) is 6.04 Å². The quantitative estimate of drug-likeness (QED) is 0.695. The molecule has 0 aliphatic carbocycles. The van der Waals surface area contributed by atoms with Crippen LogP contribution in [0.4, 0.5) is 0 Å². The van der Waals surface area contributed by atoms with Gasteiger partial charge in [-0.25, -0.2) is 0 Å². The first kappa shape index (κ1) is 12.0. The number of aliphatic carboxylic acids is 1. The van der Waals surface area contributed by atoms with Crippen LogP contribution >= 0.6 is 0 Å². The maximum absolute atomic E-state index is 11.0. The first-order valence-corrected chi connectivity index (χ1v) is 5.24. The summed E-state index contributed by atoms with van der Waals surface area (Å²) in [6, 6.07) is -0.765. The van der Waals surface area contributed by atoms with E-state index in [9.17, 15) is 9.59 Å². The molecule has 0 radical (unpaired) electrons. The molecule has 0 aromatic rings. The highest BCUT2D eigenvalue weighted by Gasteiger charge is 2.24. The molecule has 0 unspecified atom stereocenters. The highest BCUT2D eigenvalue weighted by Crippen LogP contribution is 2.21. The maximum atomic E-state index is 11.0. The van der Waals surface area contributed by atoms with Crippen molar-refractivity contribution < 1.29 is 14.7 Å². The number of carbonyl (C=O) groups is 2. The SMILES string of the molecule is CC(=O)N1CCC(C[C@H](N)C(=O)O)CC1. The average molecular weight is 214 g/mol. The smallest absolute Gasteiger partial charge is 0.320 e. The molecule has 0 saturated carbocycles. The summed E-state index contributed by atoms with van der Waals surface area (Å²) in [6.45, 7) is 3.02. The number of amides is 1. The molecule has 5 heteroatoms. The third-order valence-corrected chi connectivity index (χ3v) is 2.96. The Bertz CT molecular complexity index is 247. The molecule has 1 heterocycles. The number of carboxylic acids is 1. The molecule has 0 bridgehead atoms. The Morgan fingerprint density at radius 3 is 2.40 bits per heavy atom. The predicted molar refractivity (Wildman–Crippen MR) is 55.2 cm³/mol. The lowest BCUT2D eigenvalue weighted by atomic mass is 9.90. The van der Waals surface area contributed by atoms with Gasteiger partial charge in [0.05, 0.1) is 0 Å². The molecule has 0 spiro atoms. The summed E-state index contributed by atoms with van der Waals surface area (Å²) in [5.41, 5.74) is 5.46. The second-order valence-corrected chi connectivity index (χ2v) is 4.13. The molecule has 1 rings (SSSR count). The number of likely N-dealkylation sites (tertiary alicyclic amines) is 1. The molecule has 15 heavy (non-hydrogen) atoms. The lowest BCUT2D eigenvalue weighted by molar-refractivity contribution is -0.139. The van der Waals surface area contributed by atoms with Crippen LogP contribution < -0.4 is 5.73 Å². The predicted octanol–water partition coefficient (Wildman–Crippen LogP) is 0.0469. The Morgan fingerprint density at radius 1 is 1.47 bits per heavy atom. The summed E-state index contributed by atoms with van der Waals surface area (Å²) in [7, 11) is 0. The van der Waals surface area contributed by atoms with E-state index in [1.165, 1.54) is 0 Å². The number of carbonyl (C=O) groups excluding carboxylic acids is 1. The van der Waals surface area contributed by atoms with E-state index < -0.39 is 12.0 Å². The van der Waals surface area contributed by atoms with Crippen LogP contribution in [0.25, 0.3) is 0 Å². The zero-order valence-corrected chi connectivity index (χ0v) is 8.98. The van der Waals surface area contributed by atoms with Crippen molar-refractivity contribution in [1.29, 1.82) is 0 Å². The van der Waals surface area contributed by atoms with Crippen LogP contribution in [-0.2, 0) is 9.59 Å². The third-order valence-electron chi connectivity index (χ3n) is 2.96. The summed E-state index contributed by atoms with van der Waals surface area (Å²) < 4.78 is 0. The van der Waals surface area contributed by atoms with Gasteiger partial charge < -0.3 is 15.7 Å². The number of rotatable bonds is 3. The van der Waals surface area contributed by atoms with Crippen molar-refractivity contribution in [3.05, 3.63) is 0 Å². The molecule has 1 atom stereocenters. The molecule has 5 nitrogen and oxygen atoms in total. The van der Waals surface area contributed by atoms with Crippen molar-refractivity contribution in [3.63, 3.8) is 0 Å². The Hall–Kier alpha value is -1.10. The van der Waals surface area contributed by atoms with Crippen LogP contribution in [0.5, 0.6) is 0 Å². The maximum Gasteiger partial charge on any atom is 0.320 e. The van der Waals surface area contributed by atoms with Crippen molar-refractivity contribution in [1.82, 2.24) is 4.90 Å². The fourth-order valence-corrected chi connectivity index (χ4v) is 1.94. The van der Waals surface area contributed by atoms with Crippen LogP contribution in [0.1, 0.15) is 26.2 Å². The van der Waals surface area contributed by atoms with Gasteiger partial charge >= 0.3 is 5.97 Å². The average Bonchev–Trinajstić information content (AvgIpc) is 2.18. The molecule has 3 N–H and O–H groups in total. The zero-order chi connectivity index (χ0) is 11.4. The normalized spacial score (nSPS) is 20.0. The molecular formula is C10H18N2O3. The second-order valence-electron chi connectivity index (χ2n) is 4.13. The van der Waals surface area contributed by atoms with Gasteiger partial charge in [0.2, 0.25) is 5.91 Å².